The lowest BCUT2D eigenvalue weighted by Crippen LogP contribution is -2.45. The summed E-state index contributed by atoms with van der Waals surface area (Å²) in [5, 5.41) is 3.40. The minimum Gasteiger partial charge on any atom is -0.376 e. The Labute approximate surface area is 97.7 Å². The third-order valence-electron chi connectivity index (χ3n) is 3.27. The molecule has 3 atom stereocenters. The highest BCUT2D eigenvalue weighted by molar-refractivity contribution is 7.90. The van der Waals surface area contributed by atoms with Gasteiger partial charge in [0.05, 0.1) is 11.9 Å². The van der Waals surface area contributed by atoms with Crippen LogP contribution in [0.25, 0.3) is 0 Å². The molecule has 1 aliphatic carbocycles. The molecule has 0 spiro atoms. The summed E-state index contributed by atoms with van der Waals surface area (Å²) in [5.41, 5.74) is 0. The van der Waals surface area contributed by atoms with Gasteiger partial charge in [0, 0.05) is 24.9 Å². The van der Waals surface area contributed by atoms with E-state index in [1.165, 1.54) is 19.1 Å². The zero-order valence-electron chi connectivity index (χ0n) is 9.98. The predicted molar refractivity (Wildman–Crippen MR) is 63.2 cm³/mol. The Morgan fingerprint density at radius 1 is 1.38 bits per heavy atom. The first-order valence-corrected chi connectivity index (χ1v) is 8.07. The van der Waals surface area contributed by atoms with Crippen LogP contribution in [0.4, 0.5) is 0 Å². The van der Waals surface area contributed by atoms with Crippen LogP contribution in [-0.4, -0.2) is 45.2 Å². The maximum Gasteiger partial charge on any atom is 0.148 e. The van der Waals surface area contributed by atoms with Crippen molar-refractivity contribution in [2.75, 3.05) is 18.6 Å². The van der Waals surface area contributed by atoms with Crippen LogP contribution < -0.4 is 5.32 Å². The third-order valence-corrected chi connectivity index (χ3v) is 4.38. The van der Waals surface area contributed by atoms with E-state index in [-0.39, 0.29) is 11.8 Å². The van der Waals surface area contributed by atoms with Crippen LogP contribution in [0.3, 0.4) is 0 Å². The summed E-state index contributed by atoms with van der Waals surface area (Å²) >= 11 is 0. The van der Waals surface area contributed by atoms with Crippen LogP contribution in [0.15, 0.2) is 0 Å². The molecule has 1 aliphatic heterocycles. The number of sulfone groups is 1. The third kappa shape index (κ3) is 3.43. The molecule has 1 N–H and O–H groups in total. The average molecular weight is 247 g/mol. The molecule has 5 heteroatoms. The van der Waals surface area contributed by atoms with Crippen molar-refractivity contribution >= 4 is 9.84 Å². The van der Waals surface area contributed by atoms with Crippen molar-refractivity contribution in [1.82, 2.24) is 5.32 Å². The summed E-state index contributed by atoms with van der Waals surface area (Å²) in [4.78, 5) is 0. The smallest absolute Gasteiger partial charge is 0.148 e. The minimum absolute atomic E-state index is 0.0166. The first-order chi connectivity index (χ1) is 7.46. The van der Waals surface area contributed by atoms with E-state index in [2.05, 4.69) is 5.32 Å². The minimum atomic E-state index is -2.89. The van der Waals surface area contributed by atoms with E-state index in [9.17, 15) is 8.42 Å². The summed E-state index contributed by atoms with van der Waals surface area (Å²) in [7, 11) is -2.89. The van der Waals surface area contributed by atoms with Gasteiger partial charge in [0.15, 0.2) is 0 Å². The van der Waals surface area contributed by atoms with Gasteiger partial charge in [0.25, 0.3) is 0 Å². The molecule has 94 valence electrons. The fourth-order valence-corrected chi connectivity index (χ4v) is 3.55. The number of nitrogens with one attached hydrogen (secondary N) is 1. The van der Waals surface area contributed by atoms with E-state index in [0.717, 1.165) is 13.0 Å². The van der Waals surface area contributed by atoms with Crippen LogP contribution in [0, 0.1) is 5.92 Å². The van der Waals surface area contributed by atoms with Crippen LogP contribution in [0.1, 0.15) is 26.2 Å². The number of hydrogen-bond acceptors (Lipinski definition) is 4. The lowest BCUT2D eigenvalue weighted by atomic mass is 10.1. The SMILES string of the molecule is CC(CS(C)(=O)=O)NC1CCOC1C1CC1. The highest BCUT2D eigenvalue weighted by Gasteiger charge is 2.40. The standard InChI is InChI=1S/C11H21NO3S/c1-8(7-16(2,13)14)12-10-5-6-15-11(10)9-3-4-9/h8-12H,3-7H2,1-2H3. The molecular formula is C11H21NO3S. The second kappa shape index (κ2) is 4.63. The molecule has 3 unspecified atom stereocenters. The molecule has 0 aromatic heterocycles. The second-order valence-electron chi connectivity index (χ2n) is 5.23. The molecule has 1 heterocycles. The largest absolute Gasteiger partial charge is 0.376 e. The topological polar surface area (TPSA) is 55.4 Å². The van der Waals surface area contributed by atoms with Gasteiger partial charge in [0.2, 0.25) is 0 Å². The molecular weight excluding hydrogens is 226 g/mol. The summed E-state index contributed by atoms with van der Waals surface area (Å²) in [6.07, 6.45) is 5.15. The molecule has 2 rings (SSSR count). The summed E-state index contributed by atoms with van der Waals surface area (Å²) < 4.78 is 28.1. The average Bonchev–Trinajstić information content (AvgIpc) is 2.85. The first kappa shape index (κ1) is 12.3. The molecule has 0 aromatic carbocycles. The Kier molecular flexibility index (Phi) is 3.56. The van der Waals surface area contributed by atoms with Gasteiger partial charge in [-0.2, -0.15) is 0 Å². The Bertz CT molecular complexity index is 337. The maximum atomic E-state index is 11.2. The Balaban J connectivity index is 1.83. The van der Waals surface area contributed by atoms with Crippen molar-refractivity contribution in [2.45, 2.75) is 44.4 Å². The van der Waals surface area contributed by atoms with Crippen LogP contribution in [0.5, 0.6) is 0 Å². The highest BCUT2D eigenvalue weighted by atomic mass is 32.2. The van der Waals surface area contributed by atoms with E-state index in [0.29, 0.717) is 18.1 Å². The maximum absolute atomic E-state index is 11.2. The lowest BCUT2D eigenvalue weighted by Gasteiger charge is -2.23. The van der Waals surface area contributed by atoms with Gasteiger partial charge >= 0.3 is 0 Å². The molecule has 0 bridgehead atoms. The first-order valence-electron chi connectivity index (χ1n) is 6.01. The van der Waals surface area contributed by atoms with Gasteiger partial charge in [-0.3, -0.25) is 0 Å². The van der Waals surface area contributed by atoms with Crippen molar-refractivity contribution in [2.24, 2.45) is 5.92 Å². The zero-order chi connectivity index (χ0) is 11.8. The normalized spacial score (nSPS) is 32.9. The predicted octanol–water partition coefficient (Wildman–Crippen LogP) is 0.577. The number of rotatable bonds is 5. The van der Waals surface area contributed by atoms with E-state index < -0.39 is 9.84 Å². The quantitative estimate of drug-likeness (QED) is 0.772. The van der Waals surface area contributed by atoms with E-state index in [4.69, 9.17) is 4.74 Å². The van der Waals surface area contributed by atoms with Crippen molar-refractivity contribution in [1.29, 1.82) is 0 Å². The van der Waals surface area contributed by atoms with Gasteiger partial charge in [0.1, 0.15) is 9.84 Å². The zero-order valence-corrected chi connectivity index (χ0v) is 10.8. The Morgan fingerprint density at radius 3 is 2.62 bits per heavy atom. The molecule has 2 aliphatic rings. The number of ether oxygens (including phenoxy) is 1. The van der Waals surface area contributed by atoms with E-state index in [1.807, 2.05) is 6.92 Å². The van der Waals surface area contributed by atoms with Gasteiger partial charge in [-0.15, -0.1) is 0 Å². The van der Waals surface area contributed by atoms with Gasteiger partial charge < -0.3 is 10.1 Å². The summed E-state index contributed by atoms with van der Waals surface area (Å²) in [5.74, 6) is 0.923. The molecule has 0 radical (unpaired) electrons. The molecule has 0 amide bonds. The van der Waals surface area contributed by atoms with Crippen LogP contribution >= 0.6 is 0 Å². The van der Waals surface area contributed by atoms with Crippen molar-refractivity contribution in [3.63, 3.8) is 0 Å². The lowest BCUT2D eigenvalue weighted by molar-refractivity contribution is 0.0797. The molecule has 1 saturated carbocycles. The monoisotopic (exact) mass is 247 g/mol. The van der Waals surface area contributed by atoms with Gasteiger partial charge in [-0.25, -0.2) is 8.42 Å². The van der Waals surface area contributed by atoms with Crippen molar-refractivity contribution in [3.05, 3.63) is 0 Å². The van der Waals surface area contributed by atoms with Crippen LogP contribution in [0.2, 0.25) is 0 Å². The molecule has 16 heavy (non-hydrogen) atoms. The van der Waals surface area contributed by atoms with Gasteiger partial charge in [-0.05, 0) is 32.1 Å². The van der Waals surface area contributed by atoms with Crippen molar-refractivity contribution < 1.29 is 13.2 Å². The fraction of sp³-hybridized carbons (Fsp3) is 1.00. The fourth-order valence-electron chi connectivity index (χ4n) is 2.55. The molecule has 2 fully saturated rings. The van der Waals surface area contributed by atoms with Crippen LogP contribution in [-0.2, 0) is 14.6 Å². The van der Waals surface area contributed by atoms with Gasteiger partial charge in [-0.1, -0.05) is 0 Å². The second-order valence-corrected chi connectivity index (χ2v) is 7.41. The van der Waals surface area contributed by atoms with Crippen molar-refractivity contribution in [3.8, 4) is 0 Å². The molecule has 4 nitrogen and oxygen atoms in total. The van der Waals surface area contributed by atoms with E-state index >= 15 is 0 Å². The Morgan fingerprint density at radius 2 is 2.06 bits per heavy atom. The van der Waals surface area contributed by atoms with E-state index in [1.54, 1.807) is 0 Å². The molecule has 1 saturated heterocycles. The number of hydrogen-bond donors (Lipinski definition) is 1. The highest BCUT2D eigenvalue weighted by Crippen LogP contribution is 2.38. The summed E-state index contributed by atoms with van der Waals surface area (Å²) in [6.45, 7) is 2.74. The summed E-state index contributed by atoms with van der Waals surface area (Å²) in [6, 6.07) is 0.368. The molecule has 0 aromatic rings. The Hall–Kier alpha value is -0.130.